The summed E-state index contributed by atoms with van der Waals surface area (Å²) >= 11 is 17.8. The summed E-state index contributed by atoms with van der Waals surface area (Å²) in [5, 5.41) is 1.48. The van der Waals surface area contributed by atoms with Crippen molar-refractivity contribution in [2.24, 2.45) is 5.84 Å². The van der Waals surface area contributed by atoms with Gasteiger partial charge in [0, 0.05) is 11.1 Å². The fourth-order valence-electron chi connectivity index (χ4n) is 2.11. The van der Waals surface area contributed by atoms with E-state index in [4.69, 9.17) is 40.6 Å². The standard InChI is InChI=1S/C15H14Cl3FN2/c16-11-2-4-15(19)10(7-11)8-12(21-20)5-9-1-3-13(17)14(18)6-9/h1-4,6-7,12,21H,5,8,20H2. The molecule has 0 aliphatic heterocycles. The summed E-state index contributed by atoms with van der Waals surface area (Å²) in [4.78, 5) is 0. The lowest BCUT2D eigenvalue weighted by molar-refractivity contribution is 0.506. The Morgan fingerprint density at radius 3 is 2.43 bits per heavy atom. The molecule has 0 saturated carbocycles. The van der Waals surface area contributed by atoms with Crippen LogP contribution >= 0.6 is 34.8 Å². The second kappa shape index (κ2) is 7.43. The first-order chi connectivity index (χ1) is 9.99. The average molecular weight is 348 g/mol. The predicted molar refractivity (Wildman–Crippen MR) is 86.4 cm³/mol. The Bertz CT molecular complexity index is 634. The summed E-state index contributed by atoms with van der Waals surface area (Å²) < 4.78 is 13.8. The Kier molecular flexibility index (Phi) is 5.85. The monoisotopic (exact) mass is 346 g/mol. The lowest BCUT2D eigenvalue weighted by atomic mass is 9.99. The molecule has 0 saturated heterocycles. The zero-order valence-electron chi connectivity index (χ0n) is 11.0. The van der Waals surface area contributed by atoms with Gasteiger partial charge in [0.05, 0.1) is 10.0 Å². The average Bonchev–Trinajstić information content (AvgIpc) is 2.46. The van der Waals surface area contributed by atoms with E-state index in [1.54, 1.807) is 18.2 Å². The summed E-state index contributed by atoms with van der Waals surface area (Å²) in [5.41, 5.74) is 4.18. The number of hydrazine groups is 1. The van der Waals surface area contributed by atoms with Gasteiger partial charge < -0.3 is 0 Å². The number of halogens is 4. The van der Waals surface area contributed by atoms with Crippen LogP contribution < -0.4 is 11.3 Å². The predicted octanol–water partition coefficient (Wildman–Crippen LogP) is 4.40. The summed E-state index contributed by atoms with van der Waals surface area (Å²) in [7, 11) is 0. The maximum Gasteiger partial charge on any atom is 0.126 e. The number of hydrogen-bond donors (Lipinski definition) is 2. The van der Waals surface area contributed by atoms with Crippen LogP contribution in [0.25, 0.3) is 0 Å². The third-order valence-electron chi connectivity index (χ3n) is 3.18. The molecule has 21 heavy (non-hydrogen) atoms. The zero-order chi connectivity index (χ0) is 15.4. The van der Waals surface area contributed by atoms with Gasteiger partial charge in [0.15, 0.2) is 0 Å². The number of nitrogens with two attached hydrogens (primary N) is 1. The van der Waals surface area contributed by atoms with Crippen LogP contribution in [0.1, 0.15) is 11.1 Å². The van der Waals surface area contributed by atoms with E-state index in [-0.39, 0.29) is 11.9 Å². The number of hydrogen-bond acceptors (Lipinski definition) is 2. The summed E-state index contributed by atoms with van der Waals surface area (Å²) in [6.45, 7) is 0. The molecule has 6 heteroatoms. The summed E-state index contributed by atoms with van der Waals surface area (Å²) in [6, 6.07) is 9.71. The van der Waals surface area contributed by atoms with Gasteiger partial charge in [-0.25, -0.2) is 4.39 Å². The normalized spacial score (nSPS) is 12.4. The molecule has 0 heterocycles. The van der Waals surface area contributed by atoms with Crippen LogP contribution in [0.2, 0.25) is 15.1 Å². The SMILES string of the molecule is NNC(Cc1ccc(Cl)c(Cl)c1)Cc1cc(Cl)ccc1F. The first-order valence-electron chi connectivity index (χ1n) is 6.33. The van der Waals surface area contributed by atoms with Gasteiger partial charge in [0.1, 0.15) is 5.82 Å². The second-order valence-electron chi connectivity index (χ2n) is 4.76. The minimum absolute atomic E-state index is 0.143. The van der Waals surface area contributed by atoms with E-state index in [0.717, 1.165) is 5.56 Å². The highest BCUT2D eigenvalue weighted by molar-refractivity contribution is 6.42. The van der Waals surface area contributed by atoms with Crippen LogP contribution in [0, 0.1) is 5.82 Å². The van der Waals surface area contributed by atoms with Crippen molar-refractivity contribution in [2.45, 2.75) is 18.9 Å². The molecule has 1 atom stereocenters. The quantitative estimate of drug-likeness (QED) is 0.621. The molecule has 0 radical (unpaired) electrons. The zero-order valence-corrected chi connectivity index (χ0v) is 13.3. The van der Waals surface area contributed by atoms with E-state index in [1.807, 2.05) is 6.07 Å². The van der Waals surface area contributed by atoms with Crippen molar-refractivity contribution in [3.05, 3.63) is 68.4 Å². The molecule has 2 aromatic rings. The molecule has 0 fully saturated rings. The smallest absolute Gasteiger partial charge is 0.126 e. The Labute approximate surface area is 138 Å². The lowest BCUT2D eigenvalue weighted by Crippen LogP contribution is -2.38. The highest BCUT2D eigenvalue weighted by Crippen LogP contribution is 2.24. The van der Waals surface area contributed by atoms with Crippen LogP contribution in [0.15, 0.2) is 36.4 Å². The largest absolute Gasteiger partial charge is 0.271 e. The van der Waals surface area contributed by atoms with E-state index in [1.165, 1.54) is 12.1 Å². The molecule has 0 bridgehead atoms. The molecule has 2 aromatic carbocycles. The van der Waals surface area contributed by atoms with E-state index in [9.17, 15) is 4.39 Å². The highest BCUT2D eigenvalue weighted by atomic mass is 35.5. The maximum atomic E-state index is 13.8. The van der Waals surface area contributed by atoms with Gasteiger partial charge in [-0.2, -0.15) is 0 Å². The lowest BCUT2D eigenvalue weighted by Gasteiger charge is -2.17. The van der Waals surface area contributed by atoms with Crippen LogP contribution in [0.4, 0.5) is 4.39 Å². The summed E-state index contributed by atoms with van der Waals surface area (Å²) in [5.74, 6) is 5.26. The van der Waals surface area contributed by atoms with Crippen molar-refractivity contribution in [3.8, 4) is 0 Å². The molecule has 2 nitrogen and oxygen atoms in total. The van der Waals surface area contributed by atoms with Gasteiger partial charge in [0.25, 0.3) is 0 Å². The summed E-state index contributed by atoms with van der Waals surface area (Å²) in [6.07, 6.45) is 1.02. The van der Waals surface area contributed by atoms with Crippen molar-refractivity contribution < 1.29 is 4.39 Å². The van der Waals surface area contributed by atoms with Crippen molar-refractivity contribution in [1.82, 2.24) is 5.43 Å². The molecule has 112 valence electrons. The van der Waals surface area contributed by atoms with Crippen molar-refractivity contribution in [3.63, 3.8) is 0 Å². The van der Waals surface area contributed by atoms with Crippen molar-refractivity contribution in [2.75, 3.05) is 0 Å². The first-order valence-corrected chi connectivity index (χ1v) is 7.47. The second-order valence-corrected chi connectivity index (χ2v) is 6.01. The molecule has 0 aliphatic carbocycles. The molecule has 2 rings (SSSR count). The van der Waals surface area contributed by atoms with Gasteiger partial charge in [-0.15, -0.1) is 0 Å². The van der Waals surface area contributed by atoms with E-state index in [0.29, 0.717) is 33.5 Å². The van der Waals surface area contributed by atoms with E-state index < -0.39 is 0 Å². The number of rotatable bonds is 5. The van der Waals surface area contributed by atoms with E-state index in [2.05, 4.69) is 5.43 Å². The van der Waals surface area contributed by atoms with Gasteiger partial charge in [-0.1, -0.05) is 40.9 Å². The fourth-order valence-corrected chi connectivity index (χ4v) is 2.62. The Morgan fingerprint density at radius 2 is 1.76 bits per heavy atom. The molecule has 3 N–H and O–H groups in total. The first kappa shape index (κ1) is 16.5. The van der Waals surface area contributed by atoms with Gasteiger partial charge in [-0.05, 0) is 54.3 Å². The van der Waals surface area contributed by atoms with Crippen LogP contribution in [0.5, 0.6) is 0 Å². The molecular formula is C15H14Cl3FN2. The molecule has 0 spiro atoms. The Balaban J connectivity index is 2.12. The molecule has 0 aromatic heterocycles. The minimum Gasteiger partial charge on any atom is -0.271 e. The van der Waals surface area contributed by atoms with Gasteiger partial charge in [0.2, 0.25) is 0 Å². The molecule has 0 amide bonds. The van der Waals surface area contributed by atoms with Gasteiger partial charge >= 0.3 is 0 Å². The molecule has 0 aliphatic rings. The minimum atomic E-state index is -0.297. The maximum absolute atomic E-state index is 13.8. The molecular weight excluding hydrogens is 334 g/mol. The fraction of sp³-hybridized carbons (Fsp3) is 0.200. The highest BCUT2D eigenvalue weighted by Gasteiger charge is 2.13. The molecule has 1 unspecified atom stereocenters. The van der Waals surface area contributed by atoms with Gasteiger partial charge in [-0.3, -0.25) is 11.3 Å². The third kappa shape index (κ3) is 4.56. The number of benzene rings is 2. The van der Waals surface area contributed by atoms with Crippen LogP contribution in [0.3, 0.4) is 0 Å². The third-order valence-corrected chi connectivity index (χ3v) is 4.15. The van der Waals surface area contributed by atoms with Crippen molar-refractivity contribution in [1.29, 1.82) is 0 Å². The topological polar surface area (TPSA) is 38.0 Å². The van der Waals surface area contributed by atoms with E-state index >= 15 is 0 Å². The number of nitrogens with one attached hydrogen (secondary N) is 1. The van der Waals surface area contributed by atoms with Crippen LogP contribution in [-0.2, 0) is 12.8 Å². The Morgan fingerprint density at radius 1 is 1.00 bits per heavy atom. The Hall–Kier alpha value is -0.840. The van der Waals surface area contributed by atoms with Crippen molar-refractivity contribution >= 4 is 34.8 Å². The van der Waals surface area contributed by atoms with Crippen LogP contribution in [-0.4, -0.2) is 6.04 Å².